The van der Waals surface area contributed by atoms with Crippen molar-refractivity contribution in [3.8, 4) is 0 Å². The molecule has 1 fully saturated rings. The van der Waals surface area contributed by atoms with E-state index in [1.54, 1.807) is 0 Å². The lowest BCUT2D eigenvalue weighted by Crippen LogP contribution is -2.41. The van der Waals surface area contributed by atoms with E-state index in [0.717, 1.165) is 31.4 Å². The number of nitrogens with zero attached hydrogens (tertiary/aromatic N) is 2. The Balaban J connectivity index is 2.24. The van der Waals surface area contributed by atoms with E-state index in [4.69, 9.17) is 0 Å². The monoisotopic (exact) mass is 251 g/mol. The molecular formula is C15H29N3. The Labute approximate surface area is 112 Å². The number of aliphatic imine (C=N–C) groups is 1. The number of hydrogen-bond donors (Lipinski definition) is 1. The summed E-state index contributed by atoms with van der Waals surface area (Å²) in [7, 11) is 2.14. The van der Waals surface area contributed by atoms with Gasteiger partial charge in [-0.1, -0.05) is 19.4 Å². The second-order valence-electron chi connectivity index (χ2n) is 5.32. The molecule has 104 valence electrons. The predicted octanol–water partition coefficient (Wildman–Crippen LogP) is 3.04. The standard InChI is InChI=1S/C15H29N3/c1-5-7-8-9-10-11-18(4)15(16-6-2)17-14-12-13(14)3/h5,13-14H,1,6-12H2,2-4H3,(H,16,17). The lowest BCUT2D eigenvalue weighted by atomic mass is 10.2. The van der Waals surface area contributed by atoms with Crippen LogP contribution in [0.5, 0.6) is 0 Å². The van der Waals surface area contributed by atoms with Crippen LogP contribution in [-0.4, -0.2) is 37.0 Å². The van der Waals surface area contributed by atoms with Crippen LogP contribution in [0, 0.1) is 5.92 Å². The van der Waals surface area contributed by atoms with Gasteiger partial charge in [-0.05, 0) is 38.5 Å². The summed E-state index contributed by atoms with van der Waals surface area (Å²) in [6.45, 7) is 10.1. The summed E-state index contributed by atoms with van der Waals surface area (Å²) in [5, 5.41) is 3.55. The highest BCUT2D eigenvalue weighted by Gasteiger charge is 2.33. The summed E-state index contributed by atoms with van der Waals surface area (Å²) in [6.07, 6.45) is 8.19. The average molecular weight is 251 g/mol. The zero-order chi connectivity index (χ0) is 13.4. The van der Waals surface area contributed by atoms with E-state index in [9.17, 15) is 0 Å². The molecule has 0 spiro atoms. The fourth-order valence-electron chi connectivity index (χ4n) is 2.04. The summed E-state index contributed by atoms with van der Waals surface area (Å²) < 4.78 is 0. The van der Waals surface area contributed by atoms with Crippen LogP contribution in [0.3, 0.4) is 0 Å². The molecule has 0 aromatic rings. The fourth-order valence-corrected chi connectivity index (χ4v) is 2.04. The SMILES string of the molecule is C=CCCCCCN(C)C(=NCC)NC1CC1C. The average Bonchev–Trinajstić information content (AvgIpc) is 3.04. The molecule has 0 aromatic carbocycles. The molecule has 0 aromatic heterocycles. The van der Waals surface area contributed by atoms with Crippen molar-refractivity contribution in [1.82, 2.24) is 10.2 Å². The molecule has 0 saturated heterocycles. The van der Waals surface area contributed by atoms with E-state index >= 15 is 0 Å². The Morgan fingerprint density at radius 3 is 2.72 bits per heavy atom. The quantitative estimate of drug-likeness (QED) is 0.311. The topological polar surface area (TPSA) is 27.6 Å². The van der Waals surface area contributed by atoms with Crippen molar-refractivity contribution in [1.29, 1.82) is 0 Å². The van der Waals surface area contributed by atoms with Gasteiger partial charge in [0.05, 0.1) is 0 Å². The lowest BCUT2D eigenvalue weighted by Gasteiger charge is -2.22. The lowest BCUT2D eigenvalue weighted by molar-refractivity contribution is 0.452. The maximum atomic E-state index is 4.57. The van der Waals surface area contributed by atoms with Gasteiger partial charge in [-0.25, -0.2) is 0 Å². The minimum Gasteiger partial charge on any atom is -0.353 e. The van der Waals surface area contributed by atoms with Gasteiger partial charge in [0.2, 0.25) is 0 Å². The molecule has 2 unspecified atom stereocenters. The van der Waals surface area contributed by atoms with Crippen LogP contribution in [0.25, 0.3) is 0 Å². The molecule has 1 N–H and O–H groups in total. The van der Waals surface area contributed by atoms with E-state index in [1.165, 1.54) is 25.7 Å². The second kappa shape index (κ2) is 8.17. The third kappa shape index (κ3) is 5.56. The van der Waals surface area contributed by atoms with Gasteiger partial charge in [-0.2, -0.15) is 0 Å². The second-order valence-corrected chi connectivity index (χ2v) is 5.32. The van der Waals surface area contributed by atoms with Gasteiger partial charge < -0.3 is 10.2 Å². The van der Waals surface area contributed by atoms with Crippen molar-refractivity contribution in [2.45, 2.75) is 52.0 Å². The Morgan fingerprint density at radius 2 is 2.17 bits per heavy atom. The third-order valence-corrected chi connectivity index (χ3v) is 3.50. The number of allylic oxidation sites excluding steroid dienone is 1. The fraction of sp³-hybridized carbons (Fsp3) is 0.800. The molecular weight excluding hydrogens is 222 g/mol. The molecule has 1 aliphatic rings. The molecule has 1 rings (SSSR count). The number of nitrogens with one attached hydrogen (secondary N) is 1. The first-order valence-corrected chi connectivity index (χ1v) is 7.32. The van der Waals surface area contributed by atoms with Gasteiger partial charge in [-0.15, -0.1) is 6.58 Å². The maximum absolute atomic E-state index is 4.57. The van der Waals surface area contributed by atoms with Crippen LogP contribution in [0.15, 0.2) is 17.6 Å². The van der Waals surface area contributed by atoms with E-state index in [1.807, 2.05) is 6.08 Å². The molecule has 0 heterocycles. The minimum absolute atomic E-state index is 0.651. The van der Waals surface area contributed by atoms with E-state index in [0.29, 0.717) is 6.04 Å². The van der Waals surface area contributed by atoms with Gasteiger partial charge in [-0.3, -0.25) is 4.99 Å². The van der Waals surface area contributed by atoms with E-state index < -0.39 is 0 Å². The summed E-state index contributed by atoms with van der Waals surface area (Å²) in [5.74, 6) is 1.89. The van der Waals surface area contributed by atoms with Crippen LogP contribution in [0.2, 0.25) is 0 Å². The van der Waals surface area contributed by atoms with Gasteiger partial charge >= 0.3 is 0 Å². The van der Waals surface area contributed by atoms with Crippen LogP contribution >= 0.6 is 0 Å². The predicted molar refractivity (Wildman–Crippen MR) is 80.0 cm³/mol. The molecule has 0 aliphatic heterocycles. The summed E-state index contributed by atoms with van der Waals surface area (Å²) in [6, 6.07) is 0.651. The highest BCUT2D eigenvalue weighted by atomic mass is 15.3. The maximum Gasteiger partial charge on any atom is 0.193 e. The molecule has 0 bridgehead atoms. The van der Waals surface area contributed by atoms with Crippen LogP contribution in [0.1, 0.15) is 46.0 Å². The zero-order valence-electron chi connectivity index (χ0n) is 12.3. The van der Waals surface area contributed by atoms with Gasteiger partial charge in [0.25, 0.3) is 0 Å². The number of unbranched alkanes of at least 4 members (excludes halogenated alkanes) is 3. The van der Waals surface area contributed by atoms with Crippen molar-refractivity contribution < 1.29 is 0 Å². The molecule has 1 aliphatic carbocycles. The van der Waals surface area contributed by atoms with Gasteiger partial charge in [0.15, 0.2) is 5.96 Å². The van der Waals surface area contributed by atoms with Crippen molar-refractivity contribution >= 4 is 5.96 Å². The van der Waals surface area contributed by atoms with Crippen molar-refractivity contribution in [3.05, 3.63) is 12.7 Å². The van der Waals surface area contributed by atoms with Crippen molar-refractivity contribution in [2.24, 2.45) is 10.9 Å². The normalized spacial score (nSPS) is 22.7. The smallest absolute Gasteiger partial charge is 0.193 e. The summed E-state index contributed by atoms with van der Waals surface area (Å²) in [5.41, 5.74) is 0. The Hall–Kier alpha value is -0.990. The number of hydrogen-bond acceptors (Lipinski definition) is 1. The van der Waals surface area contributed by atoms with Crippen LogP contribution in [-0.2, 0) is 0 Å². The third-order valence-electron chi connectivity index (χ3n) is 3.50. The Kier molecular flexibility index (Phi) is 6.84. The molecule has 18 heavy (non-hydrogen) atoms. The summed E-state index contributed by atoms with van der Waals surface area (Å²) >= 11 is 0. The van der Waals surface area contributed by atoms with E-state index in [-0.39, 0.29) is 0 Å². The molecule has 0 amide bonds. The molecule has 1 saturated carbocycles. The Morgan fingerprint density at radius 1 is 1.44 bits per heavy atom. The van der Waals surface area contributed by atoms with Crippen LogP contribution < -0.4 is 5.32 Å². The Bertz CT molecular complexity index is 273. The largest absolute Gasteiger partial charge is 0.353 e. The van der Waals surface area contributed by atoms with Gasteiger partial charge in [0.1, 0.15) is 0 Å². The zero-order valence-corrected chi connectivity index (χ0v) is 12.3. The first-order chi connectivity index (χ1) is 8.69. The van der Waals surface area contributed by atoms with E-state index in [2.05, 4.69) is 42.7 Å². The molecule has 0 radical (unpaired) electrons. The highest BCUT2D eigenvalue weighted by Crippen LogP contribution is 2.29. The molecule has 3 heteroatoms. The minimum atomic E-state index is 0.651. The van der Waals surface area contributed by atoms with Gasteiger partial charge in [0, 0.05) is 26.2 Å². The van der Waals surface area contributed by atoms with Crippen molar-refractivity contribution in [2.75, 3.05) is 20.1 Å². The van der Waals surface area contributed by atoms with Crippen molar-refractivity contribution in [3.63, 3.8) is 0 Å². The highest BCUT2D eigenvalue weighted by molar-refractivity contribution is 5.80. The molecule has 2 atom stereocenters. The molecule has 3 nitrogen and oxygen atoms in total. The van der Waals surface area contributed by atoms with Crippen LogP contribution in [0.4, 0.5) is 0 Å². The number of guanidine groups is 1. The first kappa shape index (κ1) is 15.1. The number of rotatable bonds is 8. The summed E-state index contributed by atoms with van der Waals surface area (Å²) in [4.78, 5) is 6.84. The first-order valence-electron chi connectivity index (χ1n) is 7.32.